The lowest BCUT2D eigenvalue weighted by atomic mass is 9.44. The third-order valence-corrected chi connectivity index (χ3v) is 9.95. The van der Waals surface area contributed by atoms with Gasteiger partial charge in [-0.05, 0) is 97.7 Å². The summed E-state index contributed by atoms with van der Waals surface area (Å²) in [5.74, 6) is 4.15. The fourth-order valence-corrected chi connectivity index (χ4v) is 8.64. The van der Waals surface area contributed by atoms with E-state index in [2.05, 4.69) is 20.8 Å². The molecule has 4 aliphatic rings. The molecular weight excluding hydrogens is 308 g/mol. The van der Waals surface area contributed by atoms with Gasteiger partial charge >= 0.3 is 0 Å². The summed E-state index contributed by atoms with van der Waals surface area (Å²) >= 11 is 0. The van der Waals surface area contributed by atoms with Crippen LogP contribution in [0.1, 0.15) is 85.0 Å². The summed E-state index contributed by atoms with van der Waals surface area (Å²) in [4.78, 5) is 0. The summed E-state index contributed by atoms with van der Waals surface area (Å²) < 4.78 is 0. The lowest BCUT2D eigenvalue weighted by Gasteiger charge is -2.62. The van der Waals surface area contributed by atoms with Crippen LogP contribution in [0.25, 0.3) is 0 Å². The van der Waals surface area contributed by atoms with Crippen molar-refractivity contribution in [1.29, 1.82) is 0 Å². The summed E-state index contributed by atoms with van der Waals surface area (Å²) in [6.07, 6.45) is 12.8. The Labute approximate surface area is 154 Å². The number of fused-ring (bicyclic) bond motifs is 5. The van der Waals surface area contributed by atoms with Crippen molar-refractivity contribution in [2.45, 2.75) is 91.1 Å². The Morgan fingerprint density at radius 1 is 0.960 bits per heavy atom. The minimum Gasteiger partial charge on any atom is -0.396 e. The van der Waals surface area contributed by atoms with Gasteiger partial charge in [0.25, 0.3) is 0 Å². The highest BCUT2D eigenvalue weighted by Crippen LogP contribution is 2.68. The third kappa shape index (κ3) is 2.64. The van der Waals surface area contributed by atoms with Crippen molar-refractivity contribution in [2.24, 2.45) is 46.3 Å². The molecule has 0 aromatic rings. The van der Waals surface area contributed by atoms with E-state index < -0.39 is 0 Å². The number of hydrogen-bond donors (Lipinski definition) is 2. The molecule has 0 amide bonds. The zero-order valence-corrected chi connectivity index (χ0v) is 16.7. The molecule has 3 unspecified atom stereocenters. The fourth-order valence-electron chi connectivity index (χ4n) is 8.64. The van der Waals surface area contributed by atoms with Gasteiger partial charge in [0, 0.05) is 6.61 Å². The van der Waals surface area contributed by atoms with Gasteiger partial charge in [-0.2, -0.15) is 0 Å². The number of rotatable bonds is 3. The van der Waals surface area contributed by atoms with Gasteiger partial charge in [0.1, 0.15) is 0 Å². The van der Waals surface area contributed by atoms with Crippen molar-refractivity contribution >= 4 is 0 Å². The molecular formula is C23H40O2. The molecule has 2 heteroatoms. The lowest BCUT2D eigenvalue weighted by Crippen LogP contribution is -2.57. The smallest absolute Gasteiger partial charge is 0.0577 e. The predicted molar refractivity (Wildman–Crippen MR) is 102 cm³/mol. The van der Waals surface area contributed by atoms with Crippen LogP contribution in [0.3, 0.4) is 0 Å². The maximum atomic E-state index is 11.2. The zero-order chi connectivity index (χ0) is 17.8. The van der Waals surface area contributed by atoms with E-state index in [0.29, 0.717) is 35.2 Å². The van der Waals surface area contributed by atoms with E-state index in [4.69, 9.17) is 0 Å². The van der Waals surface area contributed by atoms with Crippen LogP contribution in [-0.4, -0.2) is 22.9 Å². The molecule has 0 saturated heterocycles. The van der Waals surface area contributed by atoms with Crippen molar-refractivity contribution in [3.05, 3.63) is 0 Å². The zero-order valence-electron chi connectivity index (χ0n) is 16.7. The largest absolute Gasteiger partial charge is 0.396 e. The molecule has 0 aromatic heterocycles. The predicted octanol–water partition coefficient (Wildman–Crippen LogP) is 5.02. The number of aliphatic hydroxyl groups is 2. The fraction of sp³-hybridized carbons (Fsp3) is 1.00. The van der Waals surface area contributed by atoms with Crippen molar-refractivity contribution < 1.29 is 10.2 Å². The van der Waals surface area contributed by atoms with Crippen LogP contribution in [0.2, 0.25) is 0 Å². The first-order valence-electron chi connectivity index (χ1n) is 11.2. The summed E-state index contributed by atoms with van der Waals surface area (Å²) in [7, 11) is 0. The van der Waals surface area contributed by atoms with Crippen LogP contribution < -0.4 is 0 Å². The van der Waals surface area contributed by atoms with Crippen LogP contribution in [0, 0.1) is 46.3 Å². The van der Waals surface area contributed by atoms with E-state index in [0.717, 1.165) is 30.6 Å². The number of aliphatic hydroxyl groups excluding tert-OH is 2. The summed E-state index contributed by atoms with van der Waals surface area (Å²) in [6.45, 7) is 7.81. The van der Waals surface area contributed by atoms with Crippen LogP contribution >= 0.6 is 0 Å². The molecule has 0 heterocycles. The van der Waals surface area contributed by atoms with Crippen LogP contribution in [0.15, 0.2) is 0 Å². The molecule has 0 bridgehead atoms. The highest BCUT2D eigenvalue weighted by atomic mass is 16.3. The average Bonchev–Trinajstić information content (AvgIpc) is 2.93. The Hall–Kier alpha value is -0.0800. The minimum atomic E-state index is -0.0577. The van der Waals surface area contributed by atoms with E-state index >= 15 is 0 Å². The molecule has 0 radical (unpaired) electrons. The molecule has 144 valence electrons. The Morgan fingerprint density at radius 3 is 2.48 bits per heavy atom. The van der Waals surface area contributed by atoms with Gasteiger partial charge in [-0.3, -0.25) is 0 Å². The van der Waals surface area contributed by atoms with E-state index in [9.17, 15) is 10.2 Å². The summed E-state index contributed by atoms with van der Waals surface area (Å²) in [5, 5.41) is 20.6. The molecule has 4 fully saturated rings. The first-order chi connectivity index (χ1) is 11.9. The van der Waals surface area contributed by atoms with Gasteiger partial charge in [-0.1, -0.05) is 33.6 Å². The van der Waals surface area contributed by atoms with E-state index in [1.165, 1.54) is 51.4 Å². The van der Waals surface area contributed by atoms with E-state index in [1.54, 1.807) is 0 Å². The van der Waals surface area contributed by atoms with Gasteiger partial charge < -0.3 is 10.2 Å². The van der Waals surface area contributed by atoms with Gasteiger partial charge in [-0.15, -0.1) is 0 Å². The highest BCUT2D eigenvalue weighted by molar-refractivity contribution is 5.11. The van der Waals surface area contributed by atoms with Gasteiger partial charge in [0.15, 0.2) is 0 Å². The molecule has 0 spiro atoms. The lowest BCUT2D eigenvalue weighted by molar-refractivity contribution is -0.164. The van der Waals surface area contributed by atoms with Crippen molar-refractivity contribution in [1.82, 2.24) is 0 Å². The van der Waals surface area contributed by atoms with Gasteiger partial charge in [-0.25, -0.2) is 0 Å². The quantitative estimate of drug-likeness (QED) is 0.751. The van der Waals surface area contributed by atoms with Crippen LogP contribution in [-0.2, 0) is 0 Å². The Balaban J connectivity index is 1.61. The van der Waals surface area contributed by atoms with Crippen molar-refractivity contribution in [3.8, 4) is 0 Å². The molecule has 4 saturated carbocycles. The summed E-state index contributed by atoms with van der Waals surface area (Å²) in [5.41, 5.74) is 0.896. The molecule has 0 aromatic carbocycles. The Morgan fingerprint density at radius 2 is 1.72 bits per heavy atom. The SMILES string of the molecule is C[C@H](CCO)[C@H]1CCC2C3C(CC[C@@]21C)[C@@]1(C)CCCC[C@H]1C[C@@H]3O. The second kappa shape index (κ2) is 6.51. The van der Waals surface area contributed by atoms with E-state index in [-0.39, 0.29) is 6.10 Å². The first-order valence-corrected chi connectivity index (χ1v) is 11.2. The Kier molecular flexibility index (Phi) is 4.77. The van der Waals surface area contributed by atoms with Gasteiger partial charge in [0.05, 0.1) is 6.10 Å². The number of hydrogen-bond acceptors (Lipinski definition) is 2. The van der Waals surface area contributed by atoms with Crippen LogP contribution in [0.5, 0.6) is 0 Å². The van der Waals surface area contributed by atoms with E-state index in [1.807, 2.05) is 0 Å². The Bertz CT molecular complexity index is 490. The second-order valence-electron chi connectivity index (χ2n) is 10.8. The maximum Gasteiger partial charge on any atom is 0.0577 e. The van der Waals surface area contributed by atoms with Crippen molar-refractivity contribution in [3.63, 3.8) is 0 Å². The highest BCUT2D eigenvalue weighted by Gasteiger charge is 2.62. The molecule has 0 aliphatic heterocycles. The monoisotopic (exact) mass is 348 g/mol. The minimum absolute atomic E-state index is 0.0577. The molecule has 4 aliphatic carbocycles. The van der Waals surface area contributed by atoms with Gasteiger partial charge in [0.2, 0.25) is 0 Å². The topological polar surface area (TPSA) is 40.5 Å². The van der Waals surface area contributed by atoms with Crippen LogP contribution in [0.4, 0.5) is 0 Å². The second-order valence-corrected chi connectivity index (χ2v) is 10.8. The average molecular weight is 349 g/mol. The van der Waals surface area contributed by atoms with Crippen molar-refractivity contribution in [2.75, 3.05) is 6.61 Å². The standard InChI is InChI=1S/C23H40O2/c1-15(10-13-24)17-7-8-18-21-19(9-12-23(17,18)3)22(2)11-5-4-6-16(22)14-20(21)25/h15-21,24-25H,4-14H2,1-3H3/t15-,16+,17-,18?,19?,20+,21?,22+,23-/m1/s1. The summed E-state index contributed by atoms with van der Waals surface area (Å²) in [6, 6.07) is 0. The molecule has 9 atom stereocenters. The normalized spacial score (nSPS) is 53.6. The molecule has 4 rings (SSSR count). The third-order valence-electron chi connectivity index (χ3n) is 9.95. The first kappa shape index (κ1) is 18.3. The molecule has 2 nitrogen and oxygen atoms in total. The molecule has 2 N–H and O–H groups in total. The maximum absolute atomic E-state index is 11.2. The molecule has 25 heavy (non-hydrogen) atoms.